The summed E-state index contributed by atoms with van der Waals surface area (Å²) >= 11 is 0. The smallest absolute Gasteiger partial charge is 0.272 e. The molecule has 10 nitrogen and oxygen atoms in total. The van der Waals surface area contributed by atoms with Gasteiger partial charge >= 0.3 is 0 Å². The summed E-state index contributed by atoms with van der Waals surface area (Å²) in [5, 5.41) is 24.7. The number of nitrogens with one attached hydrogen (secondary N) is 1. The van der Waals surface area contributed by atoms with Crippen molar-refractivity contribution in [2.45, 2.75) is 39.0 Å². The summed E-state index contributed by atoms with van der Waals surface area (Å²) in [7, 11) is 0. The quantitative estimate of drug-likeness (QED) is 0.604. The molecule has 1 aliphatic heterocycles. The Morgan fingerprint density at radius 2 is 2.13 bits per heavy atom. The molecule has 4 heterocycles. The van der Waals surface area contributed by atoms with Crippen molar-refractivity contribution in [2.24, 2.45) is 0 Å². The van der Waals surface area contributed by atoms with E-state index in [0.29, 0.717) is 24.5 Å². The molecule has 0 unspecified atom stereocenters. The number of amides is 1. The highest BCUT2D eigenvalue weighted by molar-refractivity contribution is 5.92. The highest BCUT2D eigenvalue weighted by atomic mass is 16.5. The fourth-order valence-electron chi connectivity index (χ4n) is 3.19. The fourth-order valence-corrected chi connectivity index (χ4v) is 3.19. The number of aryl methyl sites for hydroxylation is 2. The van der Waals surface area contributed by atoms with E-state index in [9.17, 15) is 9.90 Å². The molecule has 0 bridgehead atoms. The maximum atomic E-state index is 12.4. The molecule has 0 saturated carbocycles. The van der Waals surface area contributed by atoms with Gasteiger partial charge in [-0.3, -0.25) is 9.78 Å². The van der Waals surface area contributed by atoms with E-state index in [1.54, 1.807) is 19.2 Å². The van der Waals surface area contributed by atoms with Gasteiger partial charge in [0.2, 0.25) is 5.88 Å². The van der Waals surface area contributed by atoms with Gasteiger partial charge in [0.25, 0.3) is 5.91 Å². The molecule has 3 aromatic rings. The predicted molar refractivity (Wildman–Crippen MR) is 108 cm³/mol. The van der Waals surface area contributed by atoms with Crippen LogP contribution in [-0.4, -0.2) is 56.7 Å². The Morgan fingerprint density at radius 1 is 1.26 bits per heavy atom. The van der Waals surface area contributed by atoms with Gasteiger partial charge in [-0.25, -0.2) is 0 Å². The van der Waals surface area contributed by atoms with Gasteiger partial charge in [-0.15, -0.1) is 10.2 Å². The lowest BCUT2D eigenvalue weighted by molar-refractivity contribution is -0.0261. The number of hydrogen-bond acceptors (Lipinski definition) is 9. The molecule has 1 saturated heterocycles. The van der Waals surface area contributed by atoms with Gasteiger partial charge in [0.1, 0.15) is 18.1 Å². The largest absolute Gasteiger partial charge is 0.472 e. The van der Waals surface area contributed by atoms with Gasteiger partial charge < -0.3 is 24.4 Å². The number of aliphatic hydroxyl groups excluding tert-OH is 1. The Morgan fingerprint density at radius 3 is 2.84 bits per heavy atom. The number of aliphatic hydroxyl groups is 1. The van der Waals surface area contributed by atoms with Crippen LogP contribution in [0.15, 0.2) is 35.0 Å². The first-order valence-electron chi connectivity index (χ1n) is 9.92. The first kappa shape index (κ1) is 20.9. The van der Waals surface area contributed by atoms with Crippen LogP contribution in [0.1, 0.15) is 33.9 Å². The third-order valence-corrected chi connectivity index (χ3v) is 5.05. The molecule has 1 fully saturated rings. The molecule has 0 radical (unpaired) electrons. The summed E-state index contributed by atoms with van der Waals surface area (Å²) in [6.45, 7) is 4.58. The lowest BCUT2D eigenvalue weighted by Gasteiger charge is -2.28. The Bertz CT molecular complexity index is 1040. The summed E-state index contributed by atoms with van der Waals surface area (Å²) in [6.07, 6.45) is 1.54. The molecule has 2 atom stereocenters. The topological polar surface area (TPSA) is 132 Å². The molecule has 10 heteroatoms. The zero-order chi connectivity index (χ0) is 21.8. The molecule has 2 N–H and O–H groups in total. The molecule has 162 valence electrons. The maximum absolute atomic E-state index is 12.4. The molecule has 0 aromatic carbocycles. The van der Waals surface area contributed by atoms with Crippen molar-refractivity contribution in [3.8, 4) is 17.1 Å². The van der Waals surface area contributed by atoms with E-state index in [1.165, 1.54) is 6.07 Å². The van der Waals surface area contributed by atoms with Crippen molar-refractivity contribution in [1.82, 2.24) is 25.7 Å². The van der Waals surface area contributed by atoms with Gasteiger partial charge in [0, 0.05) is 30.1 Å². The summed E-state index contributed by atoms with van der Waals surface area (Å²) in [4.78, 5) is 16.6. The summed E-state index contributed by atoms with van der Waals surface area (Å²) in [5.41, 5.74) is 3.31. The van der Waals surface area contributed by atoms with Crippen molar-refractivity contribution in [3.63, 3.8) is 0 Å². The molecule has 3 aromatic heterocycles. The SMILES string of the molecule is Cc1ccc(-c2noc(C)c2COc2ccc(C(=O)N[C@@H]3CCOC[C@@H]3O)nn2)cn1. The van der Waals surface area contributed by atoms with E-state index in [1.807, 2.05) is 19.1 Å². The number of carbonyl (C=O) groups is 1. The predicted octanol–water partition coefficient (Wildman–Crippen LogP) is 1.60. The second-order valence-corrected chi connectivity index (χ2v) is 7.31. The van der Waals surface area contributed by atoms with E-state index in [-0.39, 0.29) is 30.8 Å². The highest BCUT2D eigenvalue weighted by Crippen LogP contribution is 2.26. The molecule has 31 heavy (non-hydrogen) atoms. The molecule has 1 aliphatic rings. The average Bonchev–Trinajstić information content (AvgIpc) is 3.15. The molecule has 0 spiro atoms. The minimum atomic E-state index is -0.738. The van der Waals surface area contributed by atoms with Gasteiger partial charge in [-0.2, -0.15) is 0 Å². The first-order valence-corrected chi connectivity index (χ1v) is 9.92. The van der Waals surface area contributed by atoms with Crippen LogP contribution >= 0.6 is 0 Å². The minimum Gasteiger partial charge on any atom is -0.472 e. The summed E-state index contributed by atoms with van der Waals surface area (Å²) in [5.74, 6) is 0.486. The van der Waals surface area contributed by atoms with Crippen LogP contribution in [0.25, 0.3) is 11.3 Å². The highest BCUT2D eigenvalue weighted by Gasteiger charge is 2.26. The van der Waals surface area contributed by atoms with E-state index in [0.717, 1.165) is 16.8 Å². The maximum Gasteiger partial charge on any atom is 0.272 e. The number of rotatable bonds is 6. The molecule has 4 rings (SSSR count). The normalized spacial score (nSPS) is 18.5. The average molecular weight is 425 g/mol. The van der Waals surface area contributed by atoms with Gasteiger partial charge in [0.05, 0.1) is 24.3 Å². The fraction of sp³-hybridized carbons (Fsp3) is 0.381. The monoisotopic (exact) mass is 425 g/mol. The van der Waals surface area contributed by atoms with Crippen LogP contribution < -0.4 is 10.1 Å². The molecular weight excluding hydrogens is 402 g/mol. The Kier molecular flexibility index (Phi) is 6.19. The van der Waals surface area contributed by atoms with Gasteiger partial charge in [-0.1, -0.05) is 5.16 Å². The lowest BCUT2D eigenvalue weighted by atomic mass is 10.1. The van der Waals surface area contributed by atoms with E-state index < -0.39 is 12.0 Å². The zero-order valence-corrected chi connectivity index (χ0v) is 17.2. The first-order chi connectivity index (χ1) is 15.0. The third-order valence-electron chi connectivity index (χ3n) is 5.05. The van der Waals surface area contributed by atoms with Crippen LogP contribution in [0, 0.1) is 13.8 Å². The summed E-state index contributed by atoms with van der Waals surface area (Å²) in [6, 6.07) is 6.54. The number of hydrogen-bond donors (Lipinski definition) is 2. The summed E-state index contributed by atoms with van der Waals surface area (Å²) < 4.78 is 16.2. The number of nitrogens with zero attached hydrogens (tertiary/aromatic N) is 4. The van der Waals surface area contributed by atoms with Crippen molar-refractivity contribution < 1.29 is 23.9 Å². The Labute approximate surface area is 178 Å². The molecule has 1 amide bonds. The standard InChI is InChI=1S/C21H23N5O5/c1-12-3-4-14(9-22-12)20-15(13(2)31-26-20)10-30-19-6-5-17(24-25-19)21(28)23-16-7-8-29-11-18(16)27/h3-6,9,16,18,27H,7-8,10-11H2,1-2H3,(H,23,28)/t16-,18+/m1/s1. The lowest BCUT2D eigenvalue weighted by Crippen LogP contribution is -2.48. The van der Waals surface area contributed by atoms with E-state index in [2.05, 4.69) is 25.7 Å². The second-order valence-electron chi connectivity index (χ2n) is 7.31. The van der Waals surface area contributed by atoms with E-state index in [4.69, 9.17) is 14.0 Å². The van der Waals surface area contributed by atoms with Crippen LogP contribution in [0.3, 0.4) is 0 Å². The van der Waals surface area contributed by atoms with Crippen LogP contribution in [-0.2, 0) is 11.3 Å². The van der Waals surface area contributed by atoms with Crippen molar-refractivity contribution >= 4 is 5.91 Å². The van der Waals surface area contributed by atoms with Gasteiger partial charge in [-0.05, 0) is 38.5 Å². The third kappa shape index (κ3) is 4.86. The Hall–Kier alpha value is -3.37. The van der Waals surface area contributed by atoms with Crippen LogP contribution in [0.4, 0.5) is 0 Å². The zero-order valence-electron chi connectivity index (χ0n) is 17.2. The van der Waals surface area contributed by atoms with Crippen LogP contribution in [0.5, 0.6) is 5.88 Å². The molecule has 0 aliphatic carbocycles. The van der Waals surface area contributed by atoms with Crippen molar-refractivity contribution in [2.75, 3.05) is 13.2 Å². The van der Waals surface area contributed by atoms with E-state index >= 15 is 0 Å². The van der Waals surface area contributed by atoms with Crippen molar-refractivity contribution in [1.29, 1.82) is 0 Å². The number of aromatic nitrogens is 4. The van der Waals surface area contributed by atoms with Gasteiger partial charge in [0.15, 0.2) is 5.69 Å². The minimum absolute atomic E-state index is 0.138. The second kappa shape index (κ2) is 9.19. The number of carbonyl (C=O) groups excluding carboxylic acids is 1. The number of ether oxygens (including phenoxy) is 2. The van der Waals surface area contributed by atoms with Crippen LogP contribution in [0.2, 0.25) is 0 Å². The number of pyridine rings is 1. The Balaban J connectivity index is 1.39. The molecular formula is C21H23N5O5. The van der Waals surface area contributed by atoms with Crippen molar-refractivity contribution in [3.05, 3.63) is 53.2 Å².